The second kappa shape index (κ2) is 4.56. The van der Waals surface area contributed by atoms with E-state index in [9.17, 15) is 24.8 Å². The van der Waals surface area contributed by atoms with Crippen molar-refractivity contribution >= 4 is 23.3 Å². The van der Waals surface area contributed by atoms with Crippen molar-refractivity contribution < 1.29 is 24.7 Å². The van der Waals surface area contributed by atoms with Crippen molar-refractivity contribution in [2.24, 2.45) is 5.92 Å². The number of amides is 1. The van der Waals surface area contributed by atoms with E-state index < -0.39 is 34.2 Å². The minimum absolute atomic E-state index is 0.0317. The van der Waals surface area contributed by atoms with E-state index in [1.807, 2.05) is 0 Å². The molecule has 0 bridgehead atoms. The molecule has 8 nitrogen and oxygen atoms in total. The first-order valence-corrected chi connectivity index (χ1v) is 5.40. The number of nitrogens with zero attached hydrogens (tertiary/aromatic N) is 2. The number of carbonyl (C=O) groups is 2. The summed E-state index contributed by atoms with van der Waals surface area (Å²) in [5.41, 5.74) is -0.317. The number of carboxylic acid groups (broad SMARTS) is 1. The third-order valence-electron chi connectivity index (χ3n) is 2.94. The summed E-state index contributed by atoms with van der Waals surface area (Å²) in [7, 11) is 0. The molecule has 1 aliphatic rings. The molecule has 0 saturated carbocycles. The normalized spacial score (nSPS) is 18.6. The molecule has 1 aromatic carbocycles. The molecular weight excluding hydrogens is 256 g/mol. The zero-order valence-electron chi connectivity index (χ0n) is 9.65. The Morgan fingerprint density at radius 3 is 2.68 bits per heavy atom. The molecule has 1 amide bonds. The van der Waals surface area contributed by atoms with Crippen LogP contribution in [-0.2, 0) is 9.59 Å². The van der Waals surface area contributed by atoms with Crippen molar-refractivity contribution in [3.63, 3.8) is 0 Å². The number of anilines is 1. The first-order chi connectivity index (χ1) is 8.90. The fraction of sp³-hybridized carbons (Fsp3) is 0.273. The quantitative estimate of drug-likeness (QED) is 0.614. The third kappa shape index (κ3) is 2.32. The third-order valence-corrected chi connectivity index (χ3v) is 2.94. The van der Waals surface area contributed by atoms with Crippen molar-refractivity contribution in [3.05, 3.63) is 28.3 Å². The molecule has 1 atom stereocenters. The Hall–Kier alpha value is -2.64. The van der Waals surface area contributed by atoms with E-state index in [4.69, 9.17) is 5.11 Å². The van der Waals surface area contributed by atoms with Crippen LogP contribution in [-0.4, -0.2) is 33.6 Å². The van der Waals surface area contributed by atoms with Gasteiger partial charge in [0.25, 0.3) is 0 Å². The summed E-state index contributed by atoms with van der Waals surface area (Å²) in [6, 6.07) is 3.50. The van der Waals surface area contributed by atoms with Crippen LogP contribution in [0.4, 0.5) is 11.4 Å². The average Bonchev–Trinajstić information content (AvgIpc) is 2.72. The van der Waals surface area contributed by atoms with Gasteiger partial charge in [0.2, 0.25) is 5.91 Å². The lowest BCUT2D eigenvalue weighted by Gasteiger charge is -2.15. The van der Waals surface area contributed by atoms with Crippen LogP contribution in [0.25, 0.3) is 0 Å². The van der Waals surface area contributed by atoms with Crippen LogP contribution in [0.1, 0.15) is 6.42 Å². The Balaban J connectivity index is 2.33. The average molecular weight is 266 g/mol. The molecule has 19 heavy (non-hydrogen) atoms. The highest BCUT2D eigenvalue weighted by atomic mass is 16.6. The Morgan fingerprint density at radius 2 is 2.16 bits per heavy atom. The summed E-state index contributed by atoms with van der Waals surface area (Å²) in [6.07, 6.45) is -0.135. The maximum atomic E-state index is 11.7. The molecule has 0 aromatic heterocycles. The van der Waals surface area contributed by atoms with Crippen LogP contribution in [0.2, 0.25) is 0 Å². The summed E-state index contributed by atoms with van der Waals surface area (Å²) in [5.74, 6) is -2.81. The van der Waals surface area contributed by atoms with E-state index in [1.54, 1.807) is 0 Å². The molecular formula is C11H10N2O6. The van der Waals surface area contributed by atoms with E-state index in [1.165, 1.54) is 11.0 Å². The van der Waals surface area contributed by atoms with Crippen LogP contribution in [0.5, 0.6) is 5.75 Å². The fourth-order valence-corrected chi connectivity index (χ4v) is 1.95. The Labute approximate surface area is 107 Å². The summed E-state index contributed by atoms with van der Waals surface area (Å²) in [4.78, 5) is 33.6. The highest BCUT2D eigenvalue weighted by Crippen LogP contribution is 2.33. The predicted octanol–water partition coefficient (Wildman–Crippen LogP) is 0.738. The number of hydrogen-bond donors (Lipinski definition) is 2. The predicted molar refractivity (Wildman–Crippen MR) is 62.9 cm³/mol. The zero-order chi connectivity index (χ0) is 14.2. The van der Waals surface area contributed by atoms with Crippen molar-refractivity contribution in [2.75, 3.05) is 11.4 Å². The number of phenolic OH excluding ortho intramolecular Hbond substituents is 1. The van der Waals surface area contributed by atoms with E-state index in [0.29, 0.717) is 0 Å². The topological polar surface area (TPSA) is 121 Å². The Morgan fingerprint density at radius 1 is 1.47 bits per heavy atom. The number of phenols is 1. The van der Waals surface area contributed by atoms with Crippen LogP contribution in [0, 0.1) is 16.0 Å². The molecule has 0 spiro atoms. The van der Waals surface area contributed by atoms with Gasteiger partial charge in [0.05, 0.1) is 16.5 Å². The number of carboxylic acids is 1. The van der Waals surface area contributed by atoms with Gasteiger partial charge in [0, 0.05) is 19.0 Å². The Kier molecular flexibility index (Phi) is 3.07. The van der Waals surface area contributed by atoms with Gasteiger partial charge in [-0.15, -0.1) is 0 Å². The van der Waals surface area contributed by atoms with E-state index in [2.05, 4.69) is 0 Å². The zero-order valence-corrected chi connectivity index (χ0v) is 9.65. The van der Waals surface area contributed by atoms with Crippen molar-refractivity contribution in [1.29, 1.82) is 0 Å². The van der Waals surface area contributed by atoms with E-state index >= 15 is 0 Å². The maximum absolute atomic E-state index is 11.7. The second-order valence-electron chi connectivity index (χ2n) is 4.17. The highest BCUT2D eigenvalue weighted by Gasteiger charge is 2.35. The summed E-state index contributed by atoms with van der Waals surface area (Å²) in [5, 5.41) is 28.9. The minimum Gasteiger partial charge on any atom is -0.502 e. The number of hydrogen-bond acceptors (Lipinski definition) is 5. The van der Waals surface area contributed by atoms with Crippen molar-refractivity contribution in [3.8, 4) is 5.75 Å². The SMILES string of the molecule is O=C(O)C1CC(=O)N(c2ccc(O)c([N+](=O)[O-])c2)C1. The summed E-state index contributed by atoms with van der Waals surface area (Å²) >= 11 is 0. The van der Waals surface area contributed by atoms with Crippen LogP contribution in [0.15, 0.2) is 18.2 Å². The van der Waals surface area contributed by atoms with Crippen molar-refractivity contribution in [1.82, 2.24) is 0 Å². The molecule has 1 aliphatic heterocycles. The highest BCUT2D eigenvalue weighted by molar-refractivity contribution is 5.99. The molecule has 0 aliphatic carbocycles. The largest absolute Gasteiger partial charge is 0.502 e. The lowest BCUT2D eigenvalue weighted by atomic mass is 10.1. The number of carbonyl (C=O) groups excluding carboxylic acids is 1. The van der Waals surface area contributed by atoms with Crippen molar-refractivity contribution in [2.45, 2.75) is 6.42 Å². The van der Waals surface area contributed by atoms with Gasteiger partial charge in [0.1, 0.15) is 0 Å². The van der Waals surface area contributed by atoms with Gasteiger partial charge < -0.3 is 15.1 Å². The number of nitro benzene ring substituents is 1. The van der Waals surface area contributed by atoms with Crippen LogP contribution < -0.4 is 4.90 Å². The fourth-order valence-electron chi connectivity index (χ4n) is 1.95. The lowest BCUT2D eigenvalue weighted by molar-refractivity contribution is -0.385. The first-order valence-electron chi connectivity index (χ1n) is 5.40. The van der Waals surface area contributed by atoms with E-state index in [-0.39, 0.29) is 18.7 Å². The summed E-state index contributed by atoms with van der Waals surface area (Å²) in [6.45, 7) is -0.0317. The summed E-state index contributed by atoms with van der Waals surface area (Å²) < 4.78 is 0. The van der Waals surface area contributed by atoms with Gasteiger partial charge in [0.15, 0.2) is 5.75 Å². The second-order valence-corrected chi connectivity index (χ2v) is 4.17. The van der Waals surface area contributed by atoms with Gasteiger partial charge in [-0.25, -0.2) is 0 Å². The van der Waals surface area contributed by atoms with Gasteiger partial charge in [-0.2, -0.15) is 0 Å². The van der Waals surface area contributed by atoms with Crippen LogP contribution in [0.3, 0.4) is 0 Å². The lowest BCUT2D eigenvalue weighted by Crippen LogP contribution is -2.25. The molecule has 1 unspecified atom stereocenters. The molecule has 2 N–H and O–H groups in total. The molecule has 2 rings (SSSR count). The number of aliphatic carboxylic acids is 1. The maximum Gasteiger partial charge on any atom is 0.312 e. The first kappa shape index (κ1) is 12.8. The van der Waals surface area contributed by atoms with Gasteiger partial charge in [-0.3, -0.25) is 19.7 Å². The minimum atomic E-state index is -1.08. The smallest absolute Gasteiger partial charge is 0.312 e. The number of benzene rings is 1. The number of rotatable bonds is 3. The molecule has 1 aromatic rings. The monoisotopic (exact) mass is 266 g/mol. The number of nitro groups is 1. The molecule has 1 saturated heterocycles. The van der Waals surface area contributed by atoms with E-state index in [0.717, 1.165) is 12.1 Å². The van der Waals surface area contributed by atoms with Gasteiger partial charge in [-0.05, 0) is 12.1 Å². The van der Waals surface area contributed by atoms with Crippen LogP contribution >= 0.6 is 0 Å². The molecule has 0 radical (unpaired) electrons. The molecule has 8 heteroatoms. The van der Waals surface area contributed by atoms with Gasteiger partial charge >= 0.3 is 11.7 Å². The molecule has 1 heterocycles. The van der Waals surface area contributed by atoms with Gasteiger partial charge in [-0.1, -0.05) is 0 Å². The standard InChI is InChI=1S/C11H10N2O6/c14-9-2-1-7(4-8(9)13(18)19)12-5-6(11(16)17)3-10(12)15/h1-2,4,6,14H,3,5H2,(H,16,17). The molecule has 100 valence electrons. The molecule has 1 fully saturated rings. The number of aromatic hydroxyl groups is 1. The Bertz CT molecular complexity index is 570.